The summed E-state index contributed by atoms with van der Waals surface area (Å²) >= 11 is 1.55. The van der Waals surface area contributed by atoms with E-state index in [9.17, 15) is 4.79 Å². The van der Waals surface area contributed by atoms with Gasteiger partial charge in [0.25, 0.3) is 0 Å². The number of ether oxygens (including phenoxy) is 1. The first-order chi connectivity index (χ1) is 12.2. The third-order valence-corrected chi connectivity index (χ3v) is 4.92. The van der Waals surface area contributed by atoms with Crippen LogP contribution in [0.1, 0.15) is 5.56 Å². The Kier molecular flexibility index (Phi) is 5.45. The summed E-state index contributed by atoms with van der Waals surface area (Å²) in [6, 6.07) is 9.73. The third-order valence-electron chi connectivity index (χ3n) is 3.78. The zero-order valence-electron chi connectivity index (χ0n) is 14.2. The lowest BCUT2D eigenvalue weighted by Gasteiger charge is -2.15. The average molecular weight is 356 g/mol. The SMILES string of the molecule is COc1cccc2sc(N(C)CC(=O)NCCc3ccncc3)nc12. The van der Waals surface area contributed by atoms with Crippen molar-refractivity contribution in [1.82, 2.24) is 15.3 Å². The summed E-state index contributed by atoms with van der Waals surface area (Å²) in [5, 5.41) is 3.73. The van der Waals surface area contributed by atoms with Crippen LogP contribution in [0.2, 0.25) is 0 Å². The number of anilines is 1. The first-order valence-electron chi connectivity index (χ1n) is 7.97. The molecule has 1 amide bonds. The Bertz CT molecular complexity index is 851. The molecule has 0 bridgehead atoms. The third kappa shape index (κ3) is 4.24. The number of para-hydroxylation sites is 1. The van der Waals surface area contributed by atoms with Crippen LogP contribution in [0.15, 0.2) is 42.7 Å². The van der Waals surface area contributed by atoms with E-state index in [2.05, 4.69) is 15.3 Å². The van der Waals surface area contributed by atoms with E-state index in [4.69, 9.17) is 4.74 Å². The second-order valence-corrected chi connectivity index (χ2v) is 6.62. The Morgan fingerprint density at radius 1 is 1.28 bits per heavy atom. The first kappa shape index (κ1) is 17.2. The van der Waals surface area contributed by atoms with Crippen LogP contribution in [0.5, 0.6) is 5.75 Å². The van der Waals surface area contributed by atoms with E-state index >= 15 is 0 Å². The molecule has 0 atom stereocenters. The molecule has 0 spiro atoms. The lowest BCUT2D eigenvalue weighted by molar-refractivity contribution is -0.119. The fourth-order valence-electron chi connectivity index (χ4n) is 2.47. The van der Waals surface area contributed by atoms with Gasteiger partial charge in [-0.2, -0.15) is 0 Å². The van der Waals surface area contributed by atoms with E-state index in [0.717, 1.165) is 33.1 Å². The largest absolute Gasteiger partial charge is 0.494 e. The summed E-state index contributed by atoms with van der Waals surface area (Å²) in [6.45, 7) is 0.864. The normalized spacial score (nSPS) is 10.6. The molecule has 3 rings (SSSR count). The number of pyridine rings is 1. The van der Waals surface area contributed by atoms with Crippen LogP contribution in [0.25, 0.3) is 10.2 Å². The van der Waals surface area contributed by atoms with E-state index in [1.165, 1.54) is 0 Å². The molecule has 0 fully saturated rings. The Morgan fingerprint density at radius 3 is 2.84 bits per heavy atom. The number of benzene rings is 1. The summed E-state index contributed by atoms with van der Waals surface area (Å²) in [5.74, 6) is 0.720. The van der Waals surface area contributed by atoms with Crippen molar-refractivity contribution in [1.29, 1.82) is 0 Å². The number of nitrogens with one attached hydrogen (secondary N) is 1. The fraction of sp³-hybridized carbons (Fsp3) is 0.278. The molecule has 0 radical (unpaired) electrons. The van der Waals surface area contributed by atoms with Gasteiger partial charge in [-0.3, -0.25) is 9.78 Å². The summed E-state index contributed by atoms with van der Waals surface area (Å²) in [7, 11) is 3.50. The van der Waals surface area contributed by atoms with Crippen LogP contribution in [-0.4, -0.2) is 43.1 Å². The monoisotopic (exact) mass is 356 g/mol. The molecular weight excluding hydrogens is 336 g/mol. The number of likely N-dealkylation sites (N-methyl/N-ethyl adjacent to an activating group) is 1. The number of carbonyl (C=O) groups excluding carboxylic acids is 1. The van der Waals surface area contributed by atoms with Gasteiger partial charge in [0.1, 0.15) is 11.3 Å². The molecule has 130 valence electrons. The molecule has 1 N–H and O–H groups in total. The van der Waals surface area contributed by atoms with Crippen LogP contribution < -0.4 is 15.0 Å². The Labute approximate surface area is 150 Å². The highest BCUT2D eigenvalue weighted by Gasteiger charge is 2.14. The minimum atomic E-state index is -0.0252. The summed E-state index contributed by atoms with van der Waals surface area (Å²) in [5.41, 5.74) is 1.98. The maximum absolute atomic E-state index is 12.1. The van der Waals surface area contributed by atoms with Gasteiger partial charge in [-0.25, -0.2) is 4.98 Å². The smallest absolute Gasteiger partial charge is 0.239 e. The van der Waals surface area contributed by atoms with Gasteiger partial charge in [0.2, 0.25) is 5.91 Å². The number of fused-ring (bicyclic) bond motifs is 1. The number of rotatable bonds is 7. The van der Waals surface area contributed by atoms with Gasteiger partial charge in [0.05, 0.1) is 18.4 Å². The number of thiazole rings is 1. The predicted octanol–water partition coefficient (Wildman–Crippen LogP) is 2.50. The van der Waals surface area contributed by atoms with Crippen LogP contribution in [0.3, 0.4) is 0 Å². The fourth-order valence-corrected chi connectivity index (χ4v) is 3.42. The number of methoxy groups -OCH3 is 1. The highest BCUT2D eigenvalue weighted by atomic mass is 32.1. The highest BCUT2D eigenvalue weighted by molar-refractivity contribution is 7.22. The summed E-state index contributed by atoms with van der Waals surface area (Å²) in [6.07, 6.45) is 4.30. The zero-order valence-corrected chi connectivity index (χ0v) is 15.0. The first-order valence-corrected chi connectivity index (χ1v) is 8.79. The Hall–Kier alpha value is -2.67. The molecule has 0 unspecified atom stereocenters. The summed E-state index contributed by atoms with van der Waals surface area (Å²) < 4.78 is 6.38. The van der Waals surface area contributed by atoms with Crippen LogP contribution in [-0.2, 0) is 11.2 Å². The molecule has 0 saturated carbocycles. The molecule has 0 saturated heterocycles. The second kappa shape index (κ2) is 7.94. The van der Waals surface area contributed by atoms with Crippen molar-refractivity contribution in [3.05, 3.63) is 48.3 Å². The molecule has 0 aliphatic rings. The van der Waals surface area contributed by atoms with Gasteiger partial charge in [0.15, 0.2) is 5.13 Å². The predicted molar refractivity (Wildman–Crippen MR) is 100 cm³/mol. The van der Waals surface area contributed by atoms with Crippen molar-refractivity contribution in [2.24, 2.45) is 0 Å². The molecule has 2 aromatic heterocycles. The van der Waals surface area contributed by atoms with Gasteiger partial charge in [-0.15, -0.1) is 0 Å². The lowest BCUT2D eigenvalue weighted by Crippen LogP contribution is -2.36. The van der Waals surface area contributed by atoms with E-state index in [0.29, 0.717) is 6.54 Å². The second-order valence-electron chi connectivity index (χ2n) is 5.61. The van der Waals surface area contributed by atoms with E-state index in [-0.39, 0.29) is 12.5 Å². The molecule has 0 aliphatic carbocycles. The molecule has 2 heterocycles. The van der Waals surface area contributed by atoms with Crippen molar-refractivity contribution in [2.45, 2.75) is 6.42 Å². The maximum atomic E-state index is 12.1. The maximum Gasteiger partial charge on any atom is 0.239 e. The number of aromatic nitrogens is 2. The van der Waals surface area contributed by atoms with Crippen LogP contribution in [0.4, 0.5) is 5.13 Å². The van der Waals surface area contributed by atoms with Gasteiger partial charge >= 0.3 is 0 Å². The van der Waals surface area contributed by atoms with Crippen molar-refractivity contribution in [3.63, 3.8) is 0 Å². The van der Waals surface area contributed by atoms with Crippen molar-refractivity contribution >= 4 is 32.6 Å². The minimum Gasteiger partial charge on any atom is -0.494 e. The minimum absolute atomic E-state index is 0.0252. The Morgan fingerprint density at radius 2 is 2.08 bits per heavy atom. The van der Waals surface area contributed by atoms with Crippen molar-refractivity contribution < 1.29 is 9.53 Å². The molecule has 0 aliphatic heterocycles. The summed E-state index contributed by atoms with van der Waals surface area (Å²) in [4.78, 5) is 22.6. The molecule has 25 heavy (non-hydrogen) atoms. The van der Waals surface area contributed by atoms with Crippen LogP contribution >= 0.6 is 11.3 Å². The van der Waals surface area contributed by atoms with Crippen LogP contribution in [0, 0.1) is 0 Å². The number of carbonyl (C=O) groups is 1. The van der Waals surface area contributed by atoms with Crippen molar-refractivity contribution in [2.75, 3.05) is 32.1 Å². The lowest BCUT2D eigenvalue weighted by atomic mass is 10.2. The zero-order chi connectivity index (χ0) is 17.6. The van der Waals surface area contributed by atoms with E-state index < -0.39 is 0 Å². The molecular formula is C18H20N4O2S. The number of hydrogen-bond acceptors (Lipinski definition) is 6. The average Bonchev–Trinajstić information content (AvgIpc) is 3.07. The van der Waals surface area contributed by atoms with Gasteiger partial charge in [0, 0.05) is 26.0 Å². The van der Waals surface area contributed by atoms with E-state index in [1.807, 2.05) is 42.3 Å². The number of nitrogens with zero attached hydrogens (tertiary/aromatic N) is 3. The highest BCUT2D eigenvalue weighted by Crippen LogP contribution is 2.33. The van der Waals surface area contributed by atoms with Crippen molar-refractivity contribution in [3.8, 4) is 5.75 Å². The van der Waals surface area contributed by atoms with Gasteiger partial charge < -0.3 is 15.0 Å². The topological polar surface area (TPSA) is 67.3 Å². The molecule has 6 nitrogen and oxygen atoms in total. The standard InChI is InChI=1S/C18H20N4O2S/c1-22(12-16(23)20-11-8-13-6-9-19-10-7-13)18-21-17-14(24-2)4-3-5-15(17)25-18/h3-7,9-10H,8,11-12H2,1-2H3,(H,20,23). The van der Waals surface area contributed by atoms with Gasteiger partial charge in [-0.05, 0) is 36.2 Å². The molecule has 7 heteroatoms. The van der Waals surface area contributed by atoms with E-state index in [1.54, 1.807) is 30.8 Å². The quantitative estimate of drug-likeness (QED) is 0.704. The molecule has 1 aromatic carbocycles. The van der Waals surface area contributed by atoms with Gasteiger partial charge in [-0.1, -0.05) is 17.4 Å². The molecule has 3 aromatic rings. The number of amides is 1. The Balaban J connectivity index is 1.56. The number of hydrogen-bond donors (Lipinski definition) is 1.